The second kappa shape index (κ2) is 6.57. The lowest BCUT2D eigenvalue weighted by Crippen LogP contribution is -2.18. The summed E-state index contributed by atoms with van der Waals surface area (Å²) in [6.45, 7) is 0. The standard InChI is InChI=1S/C15H16FNS/c1-17-15(12-6-5-7-13(16)10-12)11-18-14-8-3-2-4-9-14/h2-10,15,17H,11H2,1H3. The Balaban J connectivity index is 2.02. The van der Waals surface area contributed by atoms with Crippen LogP contribution in [0, 0.1) is 5.82 Å². The van der Waals surface area contributed by atoms with Crippen molar-refractivity contribution in [1.29, 1.82) is 0 Å². The predicted molar refractivity (Wildman–Crippen MR) is 75.4 cm³/mol. The molecule has 2 aromatic rings. The predicted octanol–water partition coefficient (Wildman–Crippen LogP) is 3.88. The third-order valence-electron chi connectivity index (χ3n) is 2.76. The molecule has 3 heteroatoms. The number of hydrogen-bond acceptors (Lipinski definition) is 2. The first-order valence-corrected chi connectivity index (χ1v) is 6.89. The highest BCUT2D eigenvalue weighted by Gasteiger charge is 2.10. The molecule has 0 saturated heterocycles. The Morgan fingerprint density at radius 2 is 1.89 bits per heavy atom. The summed E-state index contributed by atoms with van der Waals surface area (Å²) in [5.74, 6) is 0.696. The van der Waals surface area contributed by atoms with E-state index >= 15 is 0 Å². The zero-order chi connectivity index (χ0) is 12.8. The molecule has 18 heavy (non-hydrogen) atoms. The Hall–Kier alpha value is -1.32. The summed E-state index contributed by atoms with van der Waals surface area (Å²) in [7, 11) is 1.90. The van der Waals surface area contributed by atoms with Crippen LogP contribution in [0.15, 0.2) is 59.5 Å². The number of nitrogens with one attached hydrogen (secondary N) is 1. The number of rotatable bonds is 5. The molecule has 1 N–H and O–H groups in total. The quantitative estimate of drug-likeness (QED) is 0.820. The Kier molecular flexibility index (Phi) is 4.79. The van der Waals surface area contributed by atoms with Gasteiger partial charge < -0.3 is 5.32 Å². The molecule has 0 heterocycles. The average molecular weight is 261 g/mol. The van der Waals surface area contributed by atoms with E-state index in [1.54, 1.807) is 23.9 Å². The van der Waals surface area contributed by atoms with Crippen molar-refractivity contribution in [2.45, 2.75) is 10.9 Å². The molecule has 0 amide bonds. The molecular weight excluding hydrogens is 245 g/mol. The molecule has 0 spiro atoms. The van der Waals surface area contributed by atoms with E-state index in [4.69, 9.17) is 0 Å². The van der Waals surface area contributed by atoms with Crippen LogP contribution >= 0.6 is 11.8 Å². The molecule has 0 aliphatic heterocycles. The maximum absolute atomic E-state index is 13.2. The number of thioether (sulfide) groups is 1. The second-order valence-electron chi connectivity index (χ2n) is 4.02. The summed E-state index contributed by atoms with van der Waals surface area (Å²) in [6.07, 6.45) is 0. The Morgan fingerprint density at radius 3 is 2.56 bits per heavy atom. The normalized spacial score (nSPS) is 12.3. The van der Waals surface area contributed by atoms with Gasteiger partial charge in [-0.1, -0.05) is 30.3 Å². The van der Waals surface area contributed by atoms with Crippen LogP contribution in [0.4, 0.5) is 4.39 Å². The van der Waals surface area contributed by atoms with E-state index in [0.717, 1.165) is 11.3 Å². The van der Waals surface area contributed by atoms with Gasteiger partial charge in [0.2, 0.25) is 0 Å². The second-order valence-corrected chi connectivity index (χ2v) is 5.11. The minimum absolute atomic E-state index is 0.158. The lowest BCUT2D eigenvalue weighted by atomic mass is 10.1. The summed E-state index contributed by atoms with van der Waals surface area (Å²) in [6, 6.07) is 17.2. The van der Waals surface area contributed by atoms with E-state index < -0.39 is 0 Å². The van der Waals surface area contributed by atoms with Crippen LogP contribution < -0.4 is 5.32 Å². The van der Waals surface area contributed by atoms with Crippen molar-refractivity contribution in [2.24, 2.45) is 0 Å². The van der Waals surface area contributed by atoms with Crippen molar-refractivity contribution in [3.05, 3.63) is 66.0 Å². The molecule has 1 unspecified atom stereocenters. The molecule has 1 atom stereocenters. The van der Waals surface area contributed by atoms with Gasteiger partial charge in [0.25, 0.3) is 0 Å². The maximum atomic E-state index is 13.2. The number of benzene rings is 2. The molecule has 0 fully saturated rings. The van der Waals surface area contributed by atoms with E-state index in [0.29, 0.717) is 0 Å². The van der Waals surface area contributed by atoms with Crippen LogP contribution in [0.1, 0.15) is 11.6 Å². The van der Waals surface area contributed by atoms with Crippen molar-refractivity contribution in [3.63, 3.8) is 0 Å². The smallest absolute Gasteiger partial charge is 0.123 e. The zero-order valence-corrected chi connectivity index (χ0v) is 11.1. The zero-order valence-electron chi connectivity index (χ0n) is 10.3. The summed E-state index contributed by atoms with van der Waals surface area (Å²) in [5.41, 5.74) is 0.987. The van der Waals surface area contributed by atoms with Gasteiger partial charge in [0.15, 0.2) is 0 Å². The van der Waals surface area contributed by atoms with Gasteiger partial charge in [-0.25, -0.2) is 4.39 Å². The Morgan fingerprint density at radius 1 is 1.11 bits per heavy atom. The molecule has 2 rings (SSSR count). The van der Waals surface area contributed by atoms with Gasteiger partial charge in [0.1, 0.15) is 5.82 Å². The molecule has 0 radical (unpaired) electrons. The largest absolute Gasteiger partial charge is 0.312 e. The molecule has 1 nitrogen and oxygen atoms in total. The third-order valence-corrected chi connectivity index (χ3v) is 3.86. The van der Waals surface area contributed by atoms with Crippen molar-refractivity contribution < 1.29 is 4.39 Å². The molecule has 94 valence electrons. The monoisotopic (exact) mass is 261 g/mol. The number of halogens is 1. The van der Waals surface area contributed by atoms with Gasteiger partial charge in [-0.3, -0.25) is 0 Å². The van der Waals surface area contributed by atoms with Crippen LogP contribution in [0.5, 0.6) is 0 Å². The average Bonchev–Trinajstić information content (AvgIpc) is 2.41. The topological polar surface area (TPSA) is 12.0 Å². The minimum atomic E-state index is -0.183. The van der Waals surface area contributed by atoms with Gasteiger partial charge in [-0.05, 0) is 36.9 Å². The summed E-state index contributed by atoms with van der Waals surface area (Å²) in [4.78, 5) is 1.23. The SMILES string of the molecule is CNC(CSc1ccccc1)c1cccc(F)c1. The third kappa shape index (κ3) is 3.59. The first kappa shape index (κ1) is 13.1. The van der Waals surface area contributed by atoms with E-state index in [1.807, 2.05) is 31.3 Å². The summed E-state index contributed by atoms with van der Waals surface area (Å²) >= 11 is 1.77. The highest BCUT2D eigenvalue weighted by Crippen LogP contribution is 2.24. The molecule has 2 aromatic carbocycles. The van der Waals surface area contributed by atoms with Gasteiger partial charge in [-0.2, -0.15) is 0 Å². The first-order valence-electron chi connectivity index (χ1n) is 5.90. The van der Waals surface area contributed by atoms with Crippen molar-refractivity contribution in [2.75, 3.05) is 12.8 Å². The van der Waals surface area contributed by atoms with E-state index in [9.17, 15) is 4.39 Å². The molecule has 0 aromatic heterocycles. The first-order chi connectivity index (χ1) is 8.79. The summed E-state index contributed by atoms with van der Waals surface area (Å²) in [5, 5.41) is 3.23. The molecular formula is C15H16FNS. The molecule has 0 saturated carbocycles. The Bertz CT molecular complexity index is 487. The lowest BCUT2D eigenvalue weighted by Gasteiger charge is -2.16. The van der Waals surface area contributed by atoms with Crippen molar-refractivity contribution >= 4 is 11.8 Å². The molecule has 0 bridgehead atoms. The van der Waals surface area contributed by atoms with E-state index in [1.165, 1.54) is 11.0 Å². The minimum Gasteiger partial charge on any atom is -0.312 e. The fourth-order valence-electron chi connectivity index (χ4n) is 1.77. The molecule has 0 aliphatic carbocycles. The van der Waals surface area contributed by atoms with Crippen LogP contribution in [0.2, 0.25) is 0 Å². The van der Waals surface area contributed by atoms with E-state index in [-0.39, 0.29) is 11.9 Å². The fraction of sp³-hybridized carbons (Fsp3) is 0.200. The van der Waals surface area contributed by atoms with Crippen LogP contribution in [-0.4, -0.2) is 12.8 Å². The van der Waals surface area contributed by atoms with Crippen LogP contribution in [-0.2, 0) is 0 Å². The van der Waals surface area contributed by atoms with Crippen molar-refractivity contribution in [3.8, 4) is 0 Å². The van der Waals surface area contributed by atoms with Gasteiger partial charge in [0, 0.05) is 16.7 Å². The van der Waals surface area contributed by atoms with Gasteiger partial charge in [0.05, 0.1) is 0 Å². The lowest BCUT2D eigenvalue weighted by molar-refractivity contribution is 0.611. The highest BCUT2D eigenvalue weighted by molar-refractivity contribution is 7.99. The Labute approximate surface area is 111 Å². The van der Waals surface area contributed by atoms with Gasteiger partial charge in [-0.15, -0.1) is 11.8 Å². The molecule has 0 aliphatic rings. The summed E-state index contributed by atoms with van der Waals surface area (Å²) < 4.78 is 13.2. The fourth-order valence-corrected chi connectivity index (χ4v) is 2.83. The highest BCUT2D eigenvalue weighted by atomic mass is 32.2. The number of hydrogen-bond donors (Lipinski definition) is 1. The van der Waals surface area contributed by atoms with E-state index in [2.05, 4.69) is 17.4 Å². The van der Waals surface area contributed by atoms with Crippen LogP contribution in [0.25, 0.3) is 0 Å². The van der Waals surface area contributed by atoms with Crippen LogP contribution in [0.3, 0.4) is 0 Å². The van der Waals surface area contributed by atoms with Gasteiger partial charge >= 0.3 is 0 Å². The maximum Gasteiger partial charge on any atom is 0.123 e. The van der Waals surface area contributed by atoms with Crippen molar-refractivity contribution in [1.82, 2.24) is 5.32 Å².